The molecule has 0 amide bonds. The van der Waals surface area contributed by atoms with Crippen molar-refractivity contribution in [2.24, 2.45) is 0 Å². The van der Waals surface area contributed by atoms with Crippen LogP contribution in [0.1, 0.15) is 45.7 Å². The number of methoxy groups -OCH3 is 1. The zero-order valence-corrected chi connectivity index (χ0v) is 16.3. The molecule has 1 heterocycles. The summed E-state index contributed by atoms with van der Waals surface area (Å²) in [5.74, 6) is 1.32. The maximum absolute atomic E-state index is 12.4. The van der Waals surface area contributed by atoms with Gasteiger partial charge in [-0.25, -0.2) is 0 Å². The van der Waals surface area contributed by atoms with Gasteiger partial charge in [0, 0.05) is 23.4 Å². The first-order valence-corrected chi connectivity index (χ1v) is 8.96. The molecule has 0 saturated heterocycles. The van der Waals surface area contributed by atoms with E-state index >= 15 is 0 Å². The van der Waals surface area contributed by atoms with Crippen LogP contribution < -0.4 is 14.8 Å². The average Bonchev–Trinajstić information content (AvgIpc) is 2.58. The van der Waals surface area contributed by atoms with Crippen molar-refractivity contribution < 1.29 is 14.3 Å². The van der Waals surface area contributed by atoms with Crippen molar-refractivity contribution in [3.8, 4) is 11.5 Å². The van der Waals surface area contributed by atoms with E-state index in [-0.39, 0.29) is 11.8 Å². The first kappa shape index (κ1) is 19.2. The van der Waals surface area contributed by atoms with Crippen LogP contribution in [-0.4, -0.2) is 36.1 Å². The van der Waals surface area contributed by atoms with Gasteiger partial charge in [0.15, 0.2) is 22.4 Å². The Morgan fingerprint density at radius 2 is 2.08 bits per heavy atom. The van der Waals surface area contributed by atoms with Crippen LogP contribution in [0, 0.1) is 0 Å². The quantitative estimate of drug-likeness (QED) is 0.748. The minimum absolute atomic E-state index is 0.0141. The van der Waals surface area contributed by atoms with E-state index in [2.05, 4.69) is 5.32 Å². The molecule has 0 aliphatic carbocycles. The second-order valence-electron chi connectivity index (χ2n) is 5.91. The molecule has 0 fully saturated rings. The molecule has 0 bridgehead atoms. The normalized spacial score (nSPS) is 17.4. The molecule has 1 aliphatic heterocycles. The van der Waals surface area contributed by atoms with Crippen LogP contribution in [0.4, 0.5) is 0 Å². The molecule has 2 rings (SSSR count). The van der Waals surface area contributed by atoms with Gasteiger partial charge >= 0.3 is 0 Å². The SMILES string of the molecule is CCCOc1c(OC)cccc1C1NC(=S)N(CC)C(C)=C1C(C)=O. The van der Waals surface area contributed by atoms with E-state index in [0.717, 1.165) is 17.7 Å². The number of benzene rings is 1. The number of nitrogens with zero attached hydrogens (tertiary/aromatic N) is 1. The van der Waals surface area contributed by atoms with E-state index in [1.165, 1.54) is 0 Å². The van der Waals surface area contributed by atoms with Crippen LogP contribution in [0.3, 0.4) is 0 Å². The Kier molecular flexibility index (Phi) is 6.42. The number of ether oxygens (including phenoxy) is 2. The molecule has 136 valence electrons. The summed E-state index contributed by atoms with van der Waals surface area (Å²) in [7, 11) is 1.61. The number of thiocarbonyl (C=S) groups is 1. The highest BCUT2D eigenvalue weighted by Crippen LogP contribution is 2.40. The third-order valence-electron chi connectivity index (χ3n) is 4.28. The molecular weight excluding hydrogens is 336 g/mol. The molecule has 25 heavy (non-hydrogen) atoms. The largest absolute Gasteiger partial charge is 0.493 e. The van der Waals surface area contributed by atoms with Gasteiger partial charge in [-0.3, -0.25) is 4.79 Å². The lowest BCUT2D eigenvalue weighted by Gasteiger charge is -2.37. The molecule has 1 aromatic carbocycles. The predicted octanol–water partition coefficient (Wildman–Crippen LogP) is 3.60. The van der Waals surface area contributed by atoms with Gasteiger partial charge in [0.05, 0.1) is 19.8 Å². The molecule has 0 saturated carbocycles. The minimum Gasteiger partial charge on any atom is -0.493 e. The van der Waals surface area contributed by atoms with Crippen LogP contribution in [-0.2, 0) is 4.79 Å². The van der Waals surface area contributed by atoms with Crippen LogP contribution in [0.25, 0.3) is 0 Å². The van der Waals surface area contributed by atoms with Gasteiger partial charge in [0.25, 0.3) is 0 Å². The van der Waals surface area contributed by atoms with Crippen LogP contribution in [0.2, 0.25) is 0 Å². The fourth-order valence-electron chi connectivity index (χ4n) is 3.13. The first-order chi connectivity index (χ1) is 12.0. The van der Waals surface area contributed by atoms with Crippen molar-refractivity contribution in [1.82, 2.24) is 10.2 Å². The molecule has 0 radical (unpaired) electrons. The van der Waals surface area contributed by atoms with E-state index in [0.29, 0.717) is 35.3 Å². The summed E-state index contributed by atoms with van der Waals surface area (Å²) in [6.07, 6.45) is 0.881. The number of rotatable bonds is 7. The standard InChI is InChI=1S/C19H26N2O3S/c1-6-11-24-18-14(9-8-10-15(18)23-5)17-16(13(4)22)12(3)21(7-2)19(25)20-17/h8-10,17H,6-7,11H2,1-5H3,(H,20,25). The predicted molar refractivity (Wildman–Crippen MR) is 103 cm³/mol. The van der Waals surface area contributed by atoms with E-state index in [1.54, 1.807) is 14.0 Å². The highest BCUT2D eigenvalue weighted by Gasteiger charge is 2.33. The Balaban J connectivity index is 2.61. The van der Waals surface area contributed by atoms with Gasteiger partial charge in [-0.2, -0.15) is 0 Å². The Labute approximate surface area is 155 Å². The minimum atomic E-state index is -0.352. The summed E-state index contributed by atoms with van der Waals surface area (Å²) >= 11 is 5.51. The number of nitrogens with one attached hydrogen (secondary N) is 1. The third-order valence-corrected chi connectivity index (χ3v) is 4.62. The van der Waals surface area contributed by atoms with Crippen molar-refractivity contribution in [1.29, 1.82) is 0 Å². The van der Waals surface area contributed by atoms with Crippen LogP contribution in [0.15, 0.2) is 29.5 Å². The Hall–Kier alpha value is -2.08. The lowest BCUT2D eigenvalue weighted by molar-refractivity contribution is -0.114. The van der Waals surface area contributed by atoms with Crippen molar-refractivity contribution in [2.75, 3.05) is 20.3 Å². The molecular formula is C19H26N2O3S. The number of carbonyl (C=O) groups is 1. The number of carbonyl (C=O) groups excluding carboxylic acids is 1. The molecule has 0 spiro atoms. The molecule has 1 aromatic rings. The zero-order valence-electron chi connectivity index (χ0n) is 15.5. The Bertz CT molecular complexity index is 700. The lowest BCUT2D eigenvalue weighted by atomic mass is 9.91. The number of para-hydroxylation sites is 1. The highest BCUT2D eigenvalue weighted by atomic mass is 32.1. The maximum Gasteiger partial charge on any atom is 0.173 e. The van der Waals surface area contributed by atoms with Gasteiger partial charge in [-0.05, 0) is 45.5 Å². The van der Waals surface area contributed by atoms with Crippen molar-refractivity contribution in [3.05, 3.63) is 35.0 Å². The van der Waals surface area contributed by atoms with Gasteiger partial charge in [0.1, 0.15) is 0 Å². The monoisotopic (exact) mass is 362 g/mol. The number of Topliss-reactive ketones (excluding diaryl/α,β-unsaturated/α-hetero) is 1. The van der Waals surface area contributed by atoms with Crippen molar-refractivity contribution >= 4 is 23.1 Å². The van der Waals surface area contributed by atoms with Crippen molar-refractivity contribution in [3.63, 3.8) is 0 Å². The van der Waals surface area contributed by atoms with Crippen LogP contribution >= 0.6 is 12.2 Å². The van der Waals surface area contributed by atoms with Crippen LogP contribution in [0.5, 0.6) is 11.5 Å². The van der Waals surface area contributed by atoms with E-state index in [1.807, 2.05) is 43.9 Å². The molecule has 1 atom stereocenters. The van der Waals surface area contributed by atoms with Crippen molar-refractivity contribution in [2.45, 2.75) is 40.2 Å². The maximum atomic E-state index is 12.4. The average molecular weight is 362 g/mol. The molecule has 1 N–H and O–H groups in total. The number of ketones is 1. The lowest BCUT2D eigenvalue weighted by Crippen LogP contribution is -2.47. The summed E-state index contributed by atoms with van der Waals surface area (Å²) in [6, 6.07) is 5.36. The molecule has 1 aliphatic rings. The van der Waals surface area contributed by atoms with E-state index in [4.69, 9.17) is 21.7 Å². The fourth-order valence-corrected chi connectivity index (χ4v) is 3.52. The summed E-state index contributed by atoms with van der Waals surface area (Å²) in [5, 5.41) is 3.92. The summed E-state index contributed by atoms with van der Waals surface area (Å²) < 4.78 is 11.4. The third kappa shape index (κ3) is 3.79. The van der Waals surface area contributed by atoms with Gasteiger partial charge < -0.3 is 19.7 Å². The number of allylic oxidation sites excluding steroid dienone is 1. The molecule has 6 heteroatoms. The highest BCUT2D eigenvalue weighted by molar-refractivity contribution is 7.80. The smallest absolute Gasteiger partial charge is 0.173 e. The zero-order chi connectivity index (χ0) is 18.6. The van der Waals surface area contributed by atoms with Gasteiger partial charge in [0.2, 0.25) is 0 Å². The second kappa shape index (κ2) is 8.34. The fraction of sp³-hybridized carbons (Fsp3) is 0.474. The second-order valence-corrected chi connectivity index (χ2v) is 6.30. The van der Waals surface area contributed by atoms with E-state index in [9.17, 15) is 4.79 Å². The molecule has 0 aromatic heterocycles. The summed E-state index contributed by atoms with van der Waals surface area (Å²) in [4.78, 5) is 14.3. The van der Waals surface area contributed by atoms with E-state index < -0.39 is 0 Å². The summed E-state index contributed by atoms with van der Waals surface area (Å²) in [5.41, 5.74) is 2.44. The molecule has 5 nitrogen and oxygen atoms in total. The summed E-state index contributed by atoms with van der Waals surface area (Å²) in [6.45, 7) is 8.86. The Morgan fingerprint density at radius 3 is 2.64 bits per heavy atom. The number of hydrogen-bond donors (Lipinski definition) is 1. The van der Waals surface area contributed by atoms with Gasteiger partial charge in [-0.1, -0.05) is 19.1 Å². The topological polar surface area (TPSA) is 50.8 Å². The van der Waals surface area contributed by atoms with Gasteiger partial charge in [-0.15, -0.1) is 0 Å². The number of hydrogen-bond acceptors (Lipinski definition) is 4. The first-order valence-electron chi connectivity index (χ1n) is 8.55. The Morgan fingerprint density at radius 1 is 1.36 bits per heavy atom. The molecule has 1 unspecified atom stereocenters.